The molecule has 2 rings (SSSR count). The number of esters is 1. The molecular formula is C15H17NO4. The zero-order valence-corrected chi connectivity index (χ0v) is 11.8. The van der Waals surface area contributed by atoms with Crippen LogP contribution in [0.25, 0.3) is 10.9 Å². The van der Waals surface area contributed by atoms with E-state index in [1.54, 1.807) is 20.2 Å². The number of benzene rings is 1. The van der Waals surface area contributed by atoms with Gasteiger partial charge in [-0.05, 0) is 6.92 Å². The molecule has 5 nitrogen and oxygen atoms in total. The van der Waals surface area contributed by atoms with Crippen LogP contribution in [0.3, 0.4) is 0 Å². The van der Waals surface area contributed by atoms with Gasteiger partial charge in [-0.25, -0.2) is 4.79 Å². The molecule has 0 amide bonds. The van der Waals surface area contributed by atoms with Gasteiger partial charge < -0.3 is 14.0 Å². The lowest BCUT2D eigenvalue weighted by Gasteiger charge is -2.04. The summed E-state index contributed by atoms with van der Waals surface area (Å²) in [5.41, 5.74) is 2.22. The molecule has 1 aromatic carbocycles. The highest BCUT2D eigenvalue weighted by atomic mass is 16.5. The second kappa shape index (κ2) is 5.88. The summed E-state index contributed by atoms with van der Waals surface area (Å²) >= 11 is 0. The zero-order chi connectivity index (χ0) is 14.7. The van der Waals surface area contributed by atoms with E-state index in [-0.39, 0.29) is 6.61 Å². The molecule has 0 saturated carbocycles. The minimum atomic E-state index is -0.822. The molecule has 0 aliphatic rings. The minimum absolute atomic E-state index is 0.185. The van der Waals surface area contributed by atoms with E-state index >= 15 is 0 Å². The lowest BCUT2D eigenvalue weighted by atomic mass is 10.1. The maximum absolute atomic E-state index is 12.1. The minimum Gasteiger partial charge on any atom is -0.460 e. The van der Waals surface area contributed by atoms with Gasteiger partial charge >= 0.3 is 5.97 Å². The zero-order valence-electron chi connectivity index (χ0n) is 11.8. The summed E-state index contributed by atoms with van der Waals surface area (Å²) in [5, 5.41) is 0.736. The SMILES string of the molecule is CCOC(=O)C(=O)c1cn(C)c2c(COC)cccc12. The van der Waals surface area contributed by atoms with Crippen LogP contribution in [0.4, 0.5) is 0 Å². The molecule has 106 valence electrons. The highest BCUT2D eigenvalue weighted by Gasteiger charge is 2.22. The van der Waals surface area contributed by atoms with Crippen LogP contribution in [0.15, 0.2) is 24.4 Å². The normalized spacial score (nSPS) is 10.8. The van der Waals surface area contributed by atoms with E-state index in [9.17, 15) is 9.59 Å². The summed E-state index contributed by atoms with van der Waals surface area (Å²) in [5.74, 6) is -1.44. The second-order valence-electron chi connectivity index (χ2n) is 4.45. The fourth-order valence-electron chi connectivity index (χ4n) is 2.31. The highest BCUT2D eigenvalue weighted by molar-refractivity contribution is 6.43. The van der Waals surface area contributed by atoms with Crippen LogP contribution < -0.4 is 0 Å². The third-order valence-electron chi connectivity index (χ3n) is 3.09. The van der Waals surface area contributed by atoms with Crippen molar-refractivity contribution in [3.63, 3.8) is 0 Å². The van der Waals surface area contributed by atoms with Crippen LogP contribution >= 0.6 is 0 Å². The van der Waals surface area contributed by atoms with Gasteiger partial charge in [0.2, 0.25) is 0 Å². The number of para-hydroxylation sites is 1. The predicted molar refractivity (Wildman–Crippen MR) is 74.6 cm³/mol. The molecular weight excluding hydrogens is 258 g/mol. The molecule has 1 aromatic heterocycles. The Balaban J connectivity index is 2.54. The van der Waals surface area contributed by atoms with Gasteiger partial charge in [0.05, 0.1) is 24.3 Å². The summed E-state index contributed by atoms with van der Waals surface area (Å²) in [4.78, 5) is 23.7. The van der Waals surface area contributed by atoms with Crippen molar-refractivity contribution < 1.29 is 19.1 Å². The molecule has 20 heavy (non-hydrogen) atoms. The first-order valence-corrected chi connectivity index (χ1v) is 6.37. The molecule has 0 radical (unpaired) electrons. The molecule has 0 unspecified atom stereocenters. The molecule has 0 spiro atoms. The quantitative estimate of drug-likeness (QED) is 0.476. The van der Waals surface area contributed by atoms with Gasteiger partial charge in [-0.2, -0.15) is 0 Å². The second-order valence-corrected chi connectivity index (χ2v) is 4.45. The number of nitrogens with zero attached hydrogens (tertiary/aromatic N) is 1. The predicted octanol–water partition coefficient (Wildman–Crippen LogP) is 2.07. The molecule has 0 atom stereocenters. The largest absolute Gasteiger partial charge is 0.460 e. The van der Waals surface area contributed by atoms with E-state index in [1.807, 2.05) is 29.8 Å². The Morgan fingerprint density at radius 2 is 2.05 bits per heavy atom. The number of ketones is 1. The monoisotopic (exact) mass is 275 g/mol. The molecule has 0 bridgehead atoms. The number of aromatic nitrogens is 1. The van der Waals surface area contributed by atoms with Gasteiger partial charge in [-0.15, -0.1) is 0 Å². The number of hydrogen-bond acceptors (Lipinski definition) is 4. The average molecular weight is 275 g/mol. The number of ether oxygens (including phenoxy) is 2. The van der Waals surface area contributed by atoms with Gasteiger partial charge in [0.25, 0.3) is 5.78 Å². The van der Waals surface area contributed by atoms with Gasteiger partial charge in [0, 0.05) is 31.3 Å². The van der Waals surface area contributed by atoms with Crippen molar-refractivity contribution in [3.8, 4) is 0 Å². The number of methoxy groups -OCH3 is 1. The van der Waals surface area contributed by atoms with E-state index in [0.717, 1.165) is 16.5 Å². The van der Waals surface area contributed by atoms with Crippen molar-refractivity contribution in [2.75, 3.05) is 13.7 Å². The summed E-state index contributed by atoms with van der Waals surface area (Å²) < 4.78 is 11.8. The maximum Gasteiger partial charge on any atom is 0.379 e. The van der Waals surface area contributed by atoms with E-state index < -0.39 is 11.8 Å². The van der Waals surface area contributed by atoms with Crippen molar-refractivity contribution in [1.82, 2.24) is 4.57 Å². The average Bonchev–Trinajstić information content (AvgIpc) is 2.77. The highest BCUT2D eigenvalue weighted by Crippen LogP contribution is 2.25. The number of hydrogen-bond donors (Lipinski definition) is 0. The van der Waals surface area contributed by atoms with Gasteiger partial charge in [-0.1, -0.05) is 18.2 Å². The molecule has 0 N–H and O–H groups in total. The van der Waals surface area contributed by atoms with Crippen molar-refractivity contribution >= 4 is 22.7 Å². The Hall–Kier alpha value is -2.14. The third-order valence-corrected chi connectivity index (χ3v) is 3.09. The number of carbonyl (C=O) groups excluding carboxylic acids is 2. The van der Waals surface area contributed by atoms with E-state index in [0.29, 0.717) is 12.2 Å². The van der Waals surface area contributed by atoms with Crippen molar-refractivity contribution in [2.24, 2.45) is 7.05 Å². The molecule has 0 aliphatic carbocycles. The molecule has 5 heteroatoms. The summed E-state index contributed by atoms with van der Waals surface area (Å²) in [6.45, 7) is 2.30. The van der Waals surface area contributed by atoms with Crippen LogP contribution in [0.2, 0.25) is 0 Å². The Kier molecular flexibility index (Phi) is 4.20. The van der Waals surface area contributed by atoms with Gasteiger partial charge in [0.15, 0.2) is 0 Å². The van der Waals surface area contributed by atoms with E-state index in [2.05, 4.69) is 0 Å². The molecule has 1 heterocycles. The number of fused-ring (bicyclic) bond motifs is 1. The lowest BCUT2D eigenvalue weighted by Crippen LogP contribution is -2.17. The first-order chi connectivity index (χ1) is 9.60. The van der Waals surface area contributed by atoms with E-state index in [1.165, 1.54) is 0 Å². The molecule has 0 fully saturated rings. The van der Waals surface area contributed by atoms with Crippen LogP contribution in [0, 0.1) is 0 Å². The summed E-state index contributed by atoms with van der Waals surface area (Å²) in [7, 11) is 3.45. The van der Waals surface area contributed by atoms with Crippen molar-refractivity contribution in [1.29, 1.82) is 0 Å². The first kappa shape index (κ1) is 14.3. The molecule has 2 aromatic rings. The third kappa shape index (κ3) is 2.44. The topological polar surface area (TPSA) is 57.5 Å². The van der Waals surface area contributed by atoms with Gasteiger partial charge in [-0.3, -0.25) is 4.79 Å². The fourth-order valence-corrected chi connectivity index (χ4v) is 2.31. The Morgan fingerprint density at radius 3 is 2.70 bits per heavy atom. The van der Waals surface area contributed by atoms with Crippen LogP contribution in [0.5, 0.6) is 0 Å². The molecule has 0 aliphatic heterocycles. The van der Waals surface area contributed by atoms with Crippen LogP contribution in [-0.4, -0.2) is 30.0 Å². The Bertz CT molecular complexity index is 657. The summed E-state index contributed by atoms with van der Waals surface area (Å²) in [6, 6.07) is 5.60. The van der Waals surface area contributed by atoms with Crippen LogP contribution in [0.1, 0.15) is 22.8 Å². The van der Waals surface area contributed by atoms with Crippen molar-refractivity contribution in [3.05, 3.63) is 35.5 Å². The number of rotatable bonds is 5. The van der Waals surface area contributed by atoms with Crippen LogP contribution in [-0.2, 0) is 27.9 Å². The fraction of sp³-hybridized carbons (Fsp3) is 0.333. The Morgan fingerprint density at radius 1 is 1.30 bits per heavy atom. The van der Waals surface area contributed by atoms with Crippen molar-refractivity contribution in [2.45, 2.75) is 13.5 Å². The standard InChI is InChI=1S/C15H17NO4/c1-4-20-15(18)14(17)12-8-16(2)13-10(9-19-3)6-5-7-11(12)13/h5-8H,4,9H2,1-3H3. The Labute approximate surface area is 117 Å². The number of Topliss-reactive ketones (excluding diaryl/α,β-unsaturated/α-hetero) is 1. The first-order valence-electron chi connectivity index (χ1n) is 6.37. The van der Waals surface area contributed by atoms with E-state index in [4.69, 9.17) is 9.47 Å². The number of carbonyl (C=O) groups is 2. The molecule has 0 saturated heterocycles. The number of aryl methyl sites for hydroxylation is 1. The lowest BCUT2D eigenvalue weighted by molar-refractivity contribution is -0.137. The van der Waals surface area contributed by atoms with Gasteiger partial charge in [0.1, 0.15) is 0 Å². The smallest absolute Gasteiger partial charge is 0.379 e. The maximum atomic E-state index is 12.1. The summed E-state index contributed by atoms with van der Waals surface area (Å²) in [6.07, 6.45) is 1.66.